The summed E-state index contributed by atoms with van der Waals surface area (Å²) in [5.74, 6) is 1.53. The van der Waals surface area contributed by atoms with Crippen LogP contribution >= 0.6 is 0 Å². The topological polar surface area (TPSA) is 92.0 Å². The number of carbonyl (C=O) groups excluding carboxylic acids is 1. The number of hydrogen-bond acceptors (Lipinski definition) is 6. The highest BCUT2D eigenvalue weighted by molar-refractivity contribution is 5.69. The molecule has 1 unspecified atom stereocenters. The van der Waals surface area contributed by atoms with Gasteiger partial charge < -0.3 is 30.0 Å². The molecule has 1 fully saturated rings. The number of ether oxygens (including phenoxy) is 4. The zero-order valence-electron chi connectivity index (χ0n) is 11.5. The van der Waals surface area contributed by atoms with E-state index in [4.69, 9.17) is 24.7 Å². The van der Waals surface area contributed by atoms with Gasteiger partial charge in [-0.2, -0.15) is 0 Å². The van der Waals surface area contributed by atoms with Crippen LogP contribution in [0.1, 0.15) is 5.56 Å². The van der Waals surface area contributed by atoms with Gasteiger partial charge in [0.05, 0.1) is 20.8 Å². The average Bonchev–Trinajstić information content (AvgIpc) is 2.89. The van der Waals surface area contributed by atoms with Crippen molar-refractivity contribution in [2.45, 2.75) is 12.6 Å². The van der Waals surface area contributed by atoms with Crippen molar-refractivity contribution in [2.75, 3.05) is 27.4 Å². The highest BCUT2D eigenvalue weighted by atomic mass is 16.6. The first-order valence-corrected chi connectivity index (χ1v) is 6.20. The van der Waals surface area contributed by atoms with Crippen LogP contribution in [-0.4, -0.2) is 39.6 Å². The van der Waals surface area contributed by atoms with Gasteiger partial charge in [0.1, 0.15) is 6.61 Å². The van der Waals surface area contributed by atoms with Gasteiger partial charge in [0.25, 0.3) is 0 Å². The van der Waals surface area contributed by atoms with Crippen LogP contribution in [0.5, 0.6) is 17.2 Å². The van der Waals surface area contributed by atoms with Crippen LogP contribution in [0.3, 0.4) is 0 Å². The van der Waals surface area contributed by atoms with Gasteiger partial charge in [-0.25, -0.2) is 4.79 Å². The summed E-state index contributed by atoms with van der Waals surface area (Å²) in [6.45, 7) is 1.01. The van der Waals surface area contributed by atoms with Crippen LogP contribution in [0.25, 0.3) is 0 Å². The van der Waals surface area contributed by atoms with Crippen molar-refractivity contribution >= 4 is 6.09 Å². The minimum absolute atomic E-state index is 0.216. The van der Waals surface area contributed by atoms with E-state index in [1.165, 1.54) is 0 Å². The second kappa shape index (κ2) is 6.33. The molecule has 1 aliphatic heterocycles. The van der Waals surface area contributed by atoms with Crippen LogP contribution in [0.2, 0.25) is 0 Å². The number of benzene rings is 1. The van der Waals surface area contributed by atoms with Crippen LogP contribution in [0, 0.1) is 0 Å². The fraction of sp³-hybridized carbons (Fsp3) is 0.462. The Labute approximate surface area is 116 Å². The molecular formula is C13H18N2O5. The molecule has 0 saturated carbocycles. The van der Waals surface area contributed by atoms with Gasteiger partial charge in [-0.3, -0.25) is 0 Å². The van der Waals surface area contributed by atoms with Crippen LogP contribution in [-0.2, 0) is 11.3 Å². The lowest BCUT2D eigenvalue weighted by molar-refractivity contribution is 0.102. The van der Waals surface area contributed by atoms with Gasteiger partial charge in [-0.05, 0) is 17.7 Å². The first-order chi connectivity index (χ1) is 9.67. The number of amides is 1. The van der Waals surface area contributed by atoms with E-state index < -0.39 is 6.09 Å². The lowest BCUT2D eigenvalue weighted by Gasteiger charge is -2.17. The lowest BCUT2D eigenvalue weighted by Crippen LogP contribution is -2.22. The molecule has 20 heavy (non-hydrogen) atoms. The Kier molecular flexibility index (Phi) is 4.52. The summed E-state index contributed by atoms with van der Waals surface area (Å²) in [5, 5.41) is 2.56. The number of cyclic esters (lactones) is 1. The fourth-order valence-electron chi connectivity index (χ4n) is 1.90. The Morgan fingerprint density at radius 3 is 2.45 bits per heavy atom. The van der Waals surface area contributed by atoms with Gasteiger partial charge in [0, 0.05) is 6.54 Å². The Hall–Kier alpha value is -2.15. The Morgan fingerprint density at radius 2 is 2.00 bits per heavy atom. The first kappa shape index (κ1) is 14.3. The zero-order valence-corrected chi connectivity index (χ0v) is 11.5. The minimum Gasteiger partial charge on any atom is -0.493 e. The number of carbonyl (C=O) groups is 1. The fourth-order valence-corrected chi connectivity index (χ4v) is 1.90. The molecule has 1 aliphatic rings. The van der Waals surface area contributed by atoms with Gasteiger partial charge in [-0.1, -0.05) is 0 Å². The van der Waals surface area contributed by atoms with Gasteiger partial charge >= 0.3 is 6.09 Å². The Bertz CT molecular complexity index is 467. The summed E-state index contributed by atoms with van der Waals surface area (Å²) in [5.41, 5.74) is 6.49. The monoisotopic (exact) mass is 282 g/mol. The summed E-state index contributed by atoms with van der Waals surface area (Å²) in [7, 11) is 3.08. The van der Waals surface area contributed by atoms with Crippen molar-refractivity contribution in [2.24, 2.45) is 5.73 Å². The molecule has 1 aromatic carbocycles. The van der Waals surface area contributed by atoms with E-state index in [0.29, 0.717) is 30.3 Å². The second-order valence-corrected chi connectivity index (χ2v) is 4.25. The molecule has 1 saturated heterocycles. The highest BCUT2D eigenvalue weighted by Gasteiger charge is 2.24. The van der Waals surface area contributed by atoms with Crippen molar-refractivity contribution in [3.8, 4) is 17.2 Å². The molecule has 1 heterocycles. The maximum Gasteiger partial charge on any atom is 0.407 e. The molecule has 0 radical (unpaired) electrons. The number of rotatable bonds is 6. The number of hydrogen-bond donors (Lipinski definition) is 2. The third-order valence-electron chi connectivity index (χ3n) is 2.92. The molecule has 0 aromatic heterocycles. The largest absolute Gasteiger partial charge is 0.493 e. The predicted molar refractivity (Wildman–Crippen MR) is 71.2 cm³/mol. The number of nitrogens with one attached hydrogen (secondary N) is 1. The first-order valence-electron chi connectivity index (χ1n) is 6.20. The maximum atomic E-state index is 10.9. The van der Waals surface area contributed by atoms with Crippen molar-refractivity contribution in [1.82, 2.24) is 5.32 Å². The van der Waals surface area contributed by atoms with Crippen LogP contribution in [0.15, 0.2) is 12.1 Å². The second-order valence-electron chi connectivity index (χ2n) is 4.25. The Morgan fingerprint density at radius 1 is 1.35 bits per heavy atom. The molecule has 1 atom stereocenters. The smallest absolute Gasteiger partial charge is 0.407 e. The Balaban J connectivity index is 2.14. The average molecular weight is 282 g/mol. The van der Waals surface area contributed by atoms with Crippen molar-refractivity contribution in [3.05, 3.63) is 17.7 Å². The molecule has 1 aromatic rings. The molecule has 0 spiro atoms. The summed E-state index contributed by atoms with van der Waals surface area (Å²) in [6.07, 6.45) is -0.762. The van der Waals surface area contributed by atoms with E-state index in [2.05, 4.69) is 5.32 Å². The third-order valence-corrected chi connectivity index (χ3v) is 2.92. The van der Waals surface area contributed by atoms with Gasteiger partial charge in [0.2, 0.25) is 5.75 Å². The maximum absolute atomic E-state index is 10.9. The van der Waals surface area contributed by atoms with Crippen LogP contribution < -0.4 is 25.3 Å². The number of nitrogens with two attached hydrogens (primary N) is 1. The van der Waals surface area contributed by atoms with E-state index in [1.54, 1.807) is 26.4 Å². The number of methoxy groups -OCH3 is 2. The molecule has 7 heteroatoms. The van der Waals surface area contributed by atoms with Gasteiger partial charge in [-0.15, -0.1) is 0 Å². The molecule has 2 rings (SSSR count). The SMILES string of the molecule is COc1cc(CN)cc(OC)c1OCC1CNC(=O)O1. The van der Waals surface area contributed by atoms with Crippen molar-refractivity contribution in [1.29, 1.82) is 0 Å². The van der Waals surface area contributed by atoms with Gasteiger partial charge in [0.15, 0.2) is 17.6 Å². The normalized spacial score (nSPS) is 17.4. The molecule has 7 nitrogen and oxygen atoms in total. The van der Waals surface area contributed by atoms with Crippen LogP contribution in [0.4, 0.5) is 4.79 Å². The van der Waals surface area contributed by atoms with Crippen molar-refractivity contribution in [3.63, 3.8) is 0 Å². The number of alkyl carbamates (subject to hydrolysis) is 1. The van der Waals surface area contributed by atoms with Crippen molar-refractivity contribution < 1.29 is 23.7 Å². The van der Waals surface area contributed by atoms with E-state index >= 15 is 0 Å². The van der Waals surface area contributed by atoms with E-state index in [1.807, 2.05) is 0 Å². The van der Waals surface area contributed by atoms with E-state index in [-0.39, 0.29) is 12.7 Å². The zero-order chi connectivity index (χ0) is 14.5. The highest BCUT2D eigenvalue weighted by Crippen LogP contribution is 2.38. The molecule has 0 aliphatic carbocycles. The third kappa shape index (κ3) is 3.05. The standard InChI is InChI=1S/C13H18N2O5/c1-17-10-3-8(5-14)4-11(18-2)12(10)19-7-9-6-15-13(16)20-9/h3-4,9H,5-7,14H2,1-2H3,(H,15,16). The lowest BCUT2D eigenvalue weighted by atomic mass is 10.2. The quantitative estimate of drug-likeness (QED) is 0.796. The van der Waals surface area contributed by atoms with E-state index in [9.17, 15) is 4.79 Å². The summed E-state index contributed by atoms with van der Waals surface area (Å²) < 4.78 is 21.2. The molecule has 0 bridgehead atoms. The summed E-state index contributed by atoms with van der Waals surface area (Å²) in [6, 6.07) is 3.58. The molecule has 1 amide bonds. The molecular weight excluding hydrogens is 264 g/mol. The van der Waals surface area contributed by atoms with E-state index in [0.717, 1.165) is 5.56 Å². The minimum atomic E-state index is -0.434. The molecule has 110 valence electrons. The summed E-state index contributed by atoms with van der Waals surface area (Å²) in [4.78, 5) is 10.9. The predicted octanol–water partition coefficient (Wildman–Crippen LogP) is 0.650. The summed E-state index contributed by atoms with van der Waals surface area (Å²) >= 11 is 0. The molecule has 3 N–H and O–H groups in total.